The Balaban J connectivity index is 2.22. The highest BCUT2D eigenvalue weighted by Gasteiger charge is 2.23. The third kappa shape index (κ3) is 3.05. The van der Waals surface area contributed by atoms with Gasteiger partial charge in [-0.15, -0.1) is 10.2 Å². The summed E-state index contributed by atoms with van der Waals surface area (Å²) >= 11 is 0. The number of pyridine rings is 1. The highest BCUT2D eigenvalue weighted by atomic mass is 16.3. The number of aliphatic hydroxyl groups excluding tert-OH is 1. The van der Waals surface area contributed by atoms with Gasteiger partial charge in [-0.1, -0.05) is 19.9 Å². The molecule has 7 heteroatoms. The molecule has 0 aliphatic rings. The number of nitrogens with one attached hydrogen (secondary N) is 2. The standard InChI is InChI=1S/C13H19N5O2/c1-9(2)11(15-13(20)14-6-8-19)12-17-16-10-5-3-4-7-18(10)12/h3-5,7,9,11,19H,6,8H2,1-2H3,(H2,14,15,20). The second-order valence-electron chi connectivity index (χ2n) is 4.83. The van der Waals surface area contributed by atoms with Gasteiger partial charge in [0.15, 0.2) is 11.5 Å². The monoisotopic (exact) mass is 277 g/mol. The number of amides is 2. The van der Waals surface area contributed by atoms with Crippen LogP contribution in [0.15, 0.2) is 24.4 Å². The molecule has 0 aromatic carbocycles. The Morgan fingerprint density at radius 3 is 2.90 bits per heavy atom. The molecule has 0 saturated heterocycles. The van der Waals surface area contributed by atoms with E-state index in [1.54, 1.807) is 0 Å². The summed E-state index contributed by atoms with van der Waals surface area (Å²) in [7, 11) is 0. The van der Waals surface area contributed by atoms with Gasteiger partial charge in [-0.2, -0.15) is 0 Å². The summed E-state index contributed by atoms with van der Waals surface area (Å²) < 4.78 is 1.86. The molecular formula is C13H19N5O2. The van der Waals surface area contributed by atoms with Crippen LogP contribution in [-0.2, 0) is 0 Å². The minimum atomic E-state index is -0.328. The van der Waals surface area contributed by atoms with Gasteiger partial charge < -0.3 is 15.7 Å². The first-order valence-electron chi connectivity index (χ1n) is 6.58. The van der Waals surface area contributed by atoms with Crippen LogP contribution in [-0.4, -0.2) is 38.9 Å². The zero-order valence-electron chi connectivity index (χ0n) is 11.6. The van der Waals surface area contributed by atoms with E-state index >= 15 is 0 Å². The number of urea groups is 1. The molecule has 0 radical (unpaired) electrons. The molecular weight excluding hydrogens is 258 g/mol. The van der Waals surface area contributed by atoms with E-state index in [1.165, 1.54) is 0 Å². The van der Waals surface area contributed by atoms with E-state index in [1.807, 2.05) is 42.6 Å². The Bertz CT molecular complexity index is 581. The molecule has 0 aliphatic carbocycles. The smallest absolute Gasteiger partial charge is 0.315 e. The fourth-order valence-electron chi connectivity index (χ4n) is 1.96. The summed E-state index contributed by atoms with van der Waals surface area (Å²) in [4.78, 5) is 11.8. The second kappa shape index (κ2) is 6.33. The molecule has 1 unspecified atom stereocenters. The van der Waals surface area contributed by atoms with Crippen LogP contribution < -0.4 is 10.6 Å². The fourth-order valence-corrected chi connectivity index (χ4v) is 1.96. The van der Waals surface area contributed by atoms with Crippen molar-refractivity contribution in [2.75, 3.05) is 13.2 Å². The van der Waals surface area contributed by atoms with Gasteiger partial charge in [-0.05, 0) is 18.1 Å². The first-order valence-corrected chi connectivity index (χ1v) is 6.58. The molecule has 0 spiro atoms. The average molecular weight is 277 g/mol. The van der Waals surface area contributed by atoms with Crippen LogP contribution in [0.25, 0.3) is 5.65 Å². The van der Waals surface area contributed by atoms with Crippen LogP contribution in [0.1, 0.15) is 25.7 Å². The van der Waals surface area contributed by atoms with E-state index in [-0.39, 0.29) is 31.1 Å². The third-order valence-electron chi connectivity index (χ3n) is 2.97. The van der Waals surface area contributed by atoms with Crippen molar-refractivity contribution in [3.05, 3.63) is 30.2 Å². The summed E-state index contributed by atoms with van der Waals surface area (Å²) in [6.07, 6.45) is 1.87. The number of nitrogens with zero attached hydrogens (tertiary/aromatic N) is 3. The van der Waals surface area contributed by atoms with Gasteiger partial charge in [0.2, 0.25) is 0 Å². The molecule has 20 heavy (non-hydrogen) atoms. The van der Waals surface area contributed by atoms with Crippen molar-refractivity contribution >= 4 is 11.7 Å². The van der Waals surface area contributed by atoms with Crippen molar-refractivity contribution in [1.29, 1.82) is 0 Å². The minimum absolute atomic E-state index is 0.0897. The van der Waals surface area contributed by atoms with E-state index in [0.29, 0.717) is 5.82 Å². The van der Waals surface area contributed by atoms with Crippen molar-refractivity contribution in [2.24, 2.45) is 5.92 Å². The normalized spacial score (nSPS) is 12.6. The lowest BCUT2D eigenvalue weighted by Gasteiger charge is -2.21. The van der Waals surface area contributed by atoms with E-state index in [0.717, 1.165) is 5.65 Å². The van der Waals surface area contributed by atoms with Gasteiger partial charge in [0.25, 0.3) is 0 Å². The van der Waals surface area contributed by atoms with Crippen LogP contribution in [0.2, 0.25) is 0 Å². The molecule has 0 saturated carbocycles. The first kappa shape index (κ1) is 14.3. The molecule has 7 nitrogen and oxygen atoms in total. The van der Waals surface area contributed by atoms with Gasteiger partial charge >= 0.3 is 6.03 Å². The molecule has 3 N–H and O–H groups in total. The Hall–Kier alpha value is -2.15. The van der Waals surface area contributed by atoms with Gasteiger partial charge in [-0.25, -0.2) is 4.79 Å². The summed E-state index contributed by atoms with van der Waals surface area (Å²) in [6.45, 7) is 4.13. The predicted octanol–water partition coefficient (Wildman–Crippen LogP) is 0.718. The van der Waals surface area contributed by atoms with Crippen LogP contribution in [0.3, 0.4) is 0 Å². The Morgan fingerprint density at radius 1 is 1.40 bits per heavy atom. The number of aliphatic hydroxyl groups is 1. The maximum atomic E-state index is 11.8. The highest BCUT2D eigenvalue weighted by molar-refractivity contribution is 5.74. The van der Waals surface area contributed by atoms with E-state index < -0.39 is 0 Å². The molecule has 0 bridgehead atoms. The predicted molar refractivity (Wildman–Crippen MR) is 74.2 cm³/mol. The summed E-state index contributed by atoms with van der Waals surface area (Å²) in [5.74, 6) is 0.845. The number of fused-ring (bicyclic) bond motifs is 1. The van der Waals surface area contributed by atoms with E-state index in [4.69, 9.17) is 5.11 Å². The zero-order valence-corrected chi connectivity index (χ0v) is 11.6. The number of aromatic nitrogens is 3. The minimum Gasteiger partial charge on any atom is -0.395 e. The molecule has 1 atom stereocenters. The molecule has 0 fully saturated rings. The quantitative estimate of drug-likeness (QED) is 0.751. The number of carbonyl (C=O) groups is 1. The summed E-state index contributed by atoms with van der Waals surface area (Å²) in [5, 5.41) is 22.4. The number of carbonyl (C=O) groups excluding carboxylic acids is 1. The van der Waals surface area contributed by atoms with Crippen LogP contribution >= 0.6 is 0 Å². The Morgan fingerprint density at radius 2 is 2.20 bits per heavy atom. The maximum absolute atomic E-state index is 11.8. The van der Waals surface area contributed by atoms with Crippen LogP contribution in [0.4, 0.5) is 4.79 Å². The van der Waals surface area contributed by atoms with Crippen molar-refractivity contribution in [3.8, 4) is 0 Å². The third-order valence-corrected chi connectivity index (χ3v) is 2.97. The molecule has 0 aliphatic heterocycles. The van der Waals surface area contributed by atoms with Crippen molar-refractivity contribution in [3.63, 3.8) is 0 Å². The number of rotatable bonds is 5. The highest BCUT2D eigenvalue weighted by Crippen LogP contribution is 2.20. The summed E-state index contributed by atoms with van der Waals surface area (Å²) in [5.41, 5.74) is 0.741. The average Bonchev–Trinajstić information content (AvgIpc) is 2.86. The molecule has 2 aromatic rings. The fraction of sp³-hybridized carbons (Fsp3) is 0.462. The lowest BCUT2D eigenvalue weighted by Crippen LogP contribution is -2.41. The van der Waals surface area contributed by atoms with E-state index in [2.05, 4.69) is 20.8 Å². The molecule has 2 heterocycles. The molecule has 108 valence electrons. The van der Waals surface area contributed by atoms with Crippen LogP contribution in [0.5, 0.6) is 0 Å². The Kier molecular flexibility index (Phi) is 4.52. The lowest BCUT2D eigenvalue weighted by atomic mass is 10.0. The van der Waals surface area contributed by atoms with E-state index in [9.17, 15) is 4.79 Å². The largest absolute Gasteiger partial charge is 0.395 e. The van der Waals surface area contributed by atoms with Crippen molar-refractivity contribution in [2.45, 2.75) is 19.9 Å². The van der Waals surface area contributed by atoms with Crippen molar-refractivity contribution in [1.82, 2.24) is 25.2 Å². The van der Waals surface area contributed by atoms with Gasteiger partial charge in [0.05, 0.1) is 12.6 Å². The topological polar surface area (TPSA) is 91.5 Å². The molecule has 2 rings (SSSR count). The molecule has 2 amide bonds. The Labute approximate surface area is 117 Å². The van der Waals surface area contributed by atoms with Gasteiger partial charge in [0.1, 0.15) is 0 Å². The lowest BCUT2D eigenvalue weighted by molar-refractivity contribution is 0.226. The van der Waals surface area contributed by atoms with Gasteiger partial charge in [0, 0.05) is 12.7 Å². The SMILES string of the molecule is CC(C)C(NC(=O)NCCO)c1nnc2ccccn12. The summed E-state index contributed by atoms with van der Waals surface area (Å²) in [6, 6.07) is 5.05. The number of hydrogen-bond acceptors (Lipinski definition) is 4. The van der Waals surface area contributed by atoms with Gasteiger partial charge in [-0.3, -0.25) is 4.40 Å². The van der Waals surface area contributed by atoms with Crippen molar-refractivity contribution < 1.29 is 9.90 Å². The zero-order chi connectivity index (χ0) is 14.5. The second-order valence-corrected chi connectivity index (χ2v) is 4.83. The maximum Gasteiger partial charge on any atom is 0.315 e. The number of hydrogen-bond donors (Lipinski definition) is 3. The molecule has 2 aromatic heterocycles. The van der Waals surface area contributed by atoms with Crippen LogP contribution in [0, 0.1) is 5.92 Å². The first-order chi connectivity index (χ1) is 9.63.